The predicted molar refractivity (Wildman–Crippen MR) is 83.2 cm³/mol. The number of benzene rings is 1. The second-order valence-corrected chi connectivity index (χ2v) is 6.07. The normalized spacial score (nSPS) is 22.1. The van der Waals surface area contributed by atoms with Crippen molar-refractivity contribution in [2.75, 3.05) is 14.2 Å². The van der Waals surface area contributed by atoms with Crippen molar-refractivity contribution in [3.63, 3.8) is 0 Å². The summed E-state index contributed by atoms with van der Waals surface area (Å²) in [7, 11) is 3.50. The summed E-state index contributed by atoms with van der Waals surface area (Å²) in [6, 6.07) is 8.71. The van der Waals surface area contributed by atoms with Gasteiger partial charge in [0.15, 0.2) is 5.96 Å². The van der Waals surface area contributed by atoms with Crippen molar-refractivity contribution in [2.24, 2.45) is 10.4 Å². The van der Waals surface area contributed by atoms with Gasteiger partial charge in [-0.1, -0.05) is 32.0 Å². The number of rotatable bonds is 4. The minimum absolute atomic E-state index is 0.138. The van der Waals surface area contributed by atoms with E-state index in [1.54, 1.807) is 14.2 Å². The van der Waals surface area contributed by atoms with Crippen LogP contribution in [0.4, 0.5) is 0 Å². The quantitative estimate of drug-likeness (QED) is 0.656. The first-order valence-corrected chi connectivity index (χ1v) is 7.10. The van der Waals surface area contributed by atoms with Crippen LogP contribution in [0.3, 0.4) is 0 Å². The van der Waals surface area contributed by atoms with E-state index < -0.39 is 0 Å². The lowest BCUT2D eigenvalue weighted by Crippen LogP contribution is -2.41. The Morgan fingerprint density at radius 2 is 2.05 bits per heavy atom. The molecule has 0 heterocycles. The number of methoxy groups -OCH3 is 1. The number of hydrogen-bond acceptors (Lipinski definition) is 2. The highest BCUT2D eigenvalue weighted by Gasteiger charge is 2.46. The standard InChI is InChI=1S/C16H25N3O/c1-11(12-8-6-7-9-13(12)20-5)18-15(17-4)19-14-10-16(14,2)3/h6-9,11,14H,10H2,1-5H3,(H2,17,18,19). The molecule has 0 saturated heterocycles. The molecule has 0 spiro atoms. The van der Waals surface area contributed by atoms with Gasteiger partial charge in [-0.05, 0) is 24.8 Å². The average molecular weight is 275 g/mol. The van der Waals surface area contributed by atoms with E-state index >= 15 is 0 Å². The van der Waals surface area contributed by atoms with Crippen molar-refractivity contribution in [1.82, 2.24) is 10.6 Å². The smallest absolute Gasteiger partial charge is 0.191 e. The van der Waals surface area contributed by atoms with Crippen LogP contribution in [-0.2, 0) is 0 Å². The van der Waals surface area contributed by atoms with Gasteiger partial charge in [-0.3, -0.25) is 4.99 Å². The Morgan fingerprint density at radius 1 is 1.40 bits per heavy atom. The fourth-order valence-corrected chi connectivity index (χ4v) is 2.36. The minimum Gasteiger partial charge on any atom is -0.496 e. The SMILES string of the molecule is CN=C(NC(C)c1ccccc1OC)NC1CC1(C)C. The maximum absolute atomic E-state index is 5.41. The van der Waals surface area contributed by atoms with Crippen molar-refractivity contribution in [3.05, 3.63) is 29.8 Å². The van der Waals surface area contributed by atoms with E-state index in [0.717, 1.165) is 17.3 Å². The second kappa shape index (κ2) is 5.73. The monoisotopic (exact) mass is 275 g/mol. The molecule has 1 saturated carbocycles. The molecule has 2 atom stereocenters. The topological polar surface area (TPSA) is 45.7 Å². The Kier molecular flexibility index (Phi) is 4.21. The van der Waals surface area contributed by atoms with Gasteiger partial charge < -0.3 is 15.4 Å². The Labute approximate surface area is 121 Å². The van der Waals surface area contributed by atoms with Gasteiger partial charge in [-0.25, -0.2) is 0 Å². The Hall–Kier alpha value is -1.71. The van der Waals surface area contributed by atoms with Crippen molar-refractivity contribution >= 4 is 5.96 Å². The zero-order valence-electron chi connectivity index (χ0n) is 13.0. The summed E-state index contributed by atoms with van der Waals surface area (Å²) in [6.07, 6.45) is 1.19. The molecule has 0 amide bonds. The first-order valence-electron chi connectivity index (χ1n) is 7.10. The van der Waals surface area contributed by atoms with Crippen LogP contribution < -0.4 is 15.4 Å². The molecule has 2 N–H and O–H groups in total. The summed E-state index contributed by atoms with van der Waals surface area (Å²) in [6.45, 7) is 6.64. The third kappa shape index (κ3) is 3.24. The lowest BCUT2D eigenvalue weighted by molar-refractivity contribution is 0.405. The number of hydrogen-bond donors (Lipinski definition) is 2. The molecule has 0 radical (unpaired) electrons. The summed E-state index contributed by atoms with van der Waals surface area (Å²) in [5.74, 6) is 1.74. The van der Waals surface area contributed by atoms with Crippen LogP contribution in [0.15, 0.2) is 29.3 Å². The van der Waals surface area contributed by atoms with E-state index in [0.29, 0.717) is 11.5 Å². The van der Waals surface area contributed by atoms with Gasteiger partial charge in [0.05, 0.1) is 13.2 Å². The van der Waals surface area contributed by atoms with E-state index in [2.05, 4.69) is 42.5 Å². The first kappa shape index (κ1) is 14.7. The molecular formula is C16H25N3O. The van der Waals surface area contributed by atoms with Crippen molar-refractivity contribution in [3.8, 4) is 5.75 Å². The summed E-state index contributed by atoms with van der Waals surface area (Å²) >= 11 is 0. The van der Waals surface area contributed by atoms with Crippen molar-refractivity contribution < 1.29 is 4.74 Å². The molecule has 2 rings (SSSR count). The molecule has 20 heavy (non-hydrogen) atoms. The Morgan fingerprint density at radius 3 is 2.60 bits per heavy atom. The highest BCUT2D eigenvalue weighted by atomic mass is 16.5. The fraction of sp³-hybridized carbons (Fsp3) is 0.562. The number of nitrogens with one attached hydrogen (secondary N) is 2. The largest absolute Gasteiger partial charge is 0.496 e. The van der Waals surface area contributed by atoms with Gasteiger partial charge >= 0.3 is 0 Å². The van der Waals surface area contributed by atoms with Gasteiger partial charge in [0.25, 0.3) is 0 Å². The third-order valence-corrected chi connectivity index (χ3v) is 4.01. The number of ether oxygens (including phenoxy) is 1. The molecule has 1 fully saturated rings. The molecule has 1 aliphatic rings. The van der Waals surface area contributed by atoms with E-state index in [1.165, 1.54) is 6.42 Å². The lowest BCUT2D eigenvalue weighted by Gasteiger charge is -2.20. The van der Waals surface area contributed by atoms with Crippen LogP contribution in [0.25, 0.3) is 0 Å². The molecule has 110 valence electrons. The summed E-state index contributed by atoms with van der Waals surface area (Å²) in [4.78, 5) is 4.31. The number of aliphatic imine (C=N–C) groups is 1. The Bertz CT molecular complexity index is 496. The van der Waals surface area contributed by atoms with E-state index in [-0.39, 0.29) is 6.04 Å². The second-order valence-electron chi connectivity index (χ2n) is 6.07. The molecule has 1 aliphatic carbocycles. The lowest BCUT2D eigenvalue weighted by atomic mass is 10.1. The molecular weight excluding hydrogens is 250 g/mol. The molecule has 0 aliphatic heterocycles. The van der Waals surface area contributed by atoms with Crippen molar-refractivity contribution in [1.29, 1.82) is 0 Å². The minimum atomic E-state index is 0.138. The van der Waals surface area contributed by atoms with E-state index in [4.69, 9.17) is 4.74 Å². The highest BCUT2D eigenvalue weighted by Crippen LogP contribution is 2.44. The van der Waals surface area contributed by atoms with Crippen LogP contribution in [0, 0.1) is 5.41 Å². The van der Waals surface area contributed by atoms with Gasteiger partial charge in [-0.15, -0.1) is 0 Å². The van der Waals surface area contributed by atoms with Gasteiger partial charge in [0, 0.05) is 18.7 Å². The molecule has 1 aromatic rings. The zero-order chi connectivity index (χ0) is 14.8. The summed E-state index contributed by atoms with van der Waals surface area (Å²) < 4.78 is 5.41. The summed E-state index contributed by atoms with van der Waals surface area (Å²) in [5, 5.41) is 6.89. The highest BCUT2D eigenvalue weighted by molar-refractivity contribution is 5.81. The molecule has 0 aromatic heterocycles. The van der Waals surface area contributed by atoms with E-state index in [9.17, 15) is 0 Å². The first-order chi connectivity index (χ1) is 9.47. The number of para-hydroxylation sites is 1. The predicted octanol–water partition coefficient (Wildman–Crippen LogP) is 2.72. The Balaban J connectivity index is 2.00. The molecule has 4 heteroatoms. The fourth-order valence-electron chi connectivity index (χ4n) is 2.36. The van der Waals surface area contributed by atoms with Crippen LogP contribution >= 0.6 is 0 Å². The van der Waals surface area contributed by atoms with Crippen LogP contribution in [0.1, 0.15) is 38.8 Å². The maximum Gasteiger partial charge on any atom is 0.191 e. The molecule has 1 aromatic carbocycles. The van der Waals surface area contributed by atoms with Crippen LogP contribution in [0.2, 0.25) is 0 Å². The molecule has 2 unspecified atom stereocenters. The molecule has 4 nitrogen and oxygen atoms in total. The maximum atomic E-state index is 5.41. The van der Waals surface area contributed by atoms with E-state index in [1.807, 2.05) is 18.2 Å². The zero-order valence-corrected chi connectivity index (χ0v) is 13.0. The van der Waals surface area contributed by atoms with Gasteiger partial charge in [0.2, 0.25) is 0 Å². The van der Waals surface area contributed by atoms with Gasteiger partial charge in [-0.2, -0.15) is 0 Å². The third-order valence-electron chi connectivity index (χ3n) is 4.01. The summed E-state index contributed by atoms with van der Waals surface area (Å²) in [5.41, 5.74) is 1.51. The average Bonchev–Trinajstić information content (AvgIpc) is 3.04. The van der Waals surface area contributed by atoms with Crippen molar-refractivity contribution in [2.45, 2.75) is 39.3 Å². The van der Waals surface area contributed by atoms with Crippen LogP contribution in [0.5, 0.6) is 5.75 Å². The number of nitrogens with zero attached hydrogens (tertiary/aromatic N) is 1. The molecule has 0 bridgehead atoms. The number of guanidine groups is 1. The van der Waals surface area contributed by atoms with Crippen LogP contribution in [-0.4, -0.2) is 26.2 Å². The van der Waals surface area contributed by atoms with Gasteiger partial charge in [0.1, 0.15) is 5.75 Å².